The molecule has 448 valence electrons. The van der Waals surface area contributed by atoms with Gasteiger partial charge in [-0.25, -0.2) is 19.6 Å². The zero-order chi connectivity index (χ0) is 60.8. The predicted octanol–water partition coefficient (Wildman–Crippen LogP) is 12.0. The number of furan rings is 2. The van der Waals surface area contributed by atoms with E-state index in [1.807, 2.05) is 127 Å². The molecule has 86 heavy (non-hydrogen) atoms. The molecule has 1 fully saturated rings. The van der Waals surface area contributed by atoms with E-state index >= 15 is 0 Å². The van der Waals surface area contributed by atoms with Crippen molar-refractivity contribution in [3.8, 4) is 28.7 Å². The van der Waals surface area contributed by atoms with Crippen LogP contribution in [0.5, 0.6) is 0 Å². The second kappa shape index (κ2) is 31.9. The average Bonchev–Trinajstić information content (AvgIpc) is 3.20. The number of imidazole rings is 2. The minimum Gasteiger partial charge on any atom is -0.480 e. The second-order valence-electron chi connectivity index (χ2n) is 21.1. The smallest absolute Gasteiger partial charge is 0.326 e. The summed E-state index contributed by atoms with van der Waals surface area (Å²) in [5, 5.41) is 33.0. The molecule has 1 saturated carbocycles. The van der Waals surface area contributed by atoms with E-state index in [1.54, 1.807) is 30.6 Å². The summed E-state index contributed by atoms with van der Waals surface area (Å²) in [6, 6.07) is 40.0. The van der Waals surface area contributed by atoms with Crippen LogP contribution < -0.4 is 20.4 Å². The molecule has 0 aliphatic heterocycles. The largest absolute Gasteiger partial charge is 0.480 e. The Morgan fingerprint density at radius 3 is 1.64 bits per heavy atom. The number of anilines is 2. The Morgan fingerprint density at radius 1 is 0.651 bits per heavy atom. The zero-order valence-corrected chi connectivity index (χ0v) is 50.3. The highest BCUT2D eigenvalue weighted by Crippen LogP contribution is 2.32. The number of nitrogens with zero attached hydrogens (tertiary/aromatic N) is 7. The van der Waals surface area contributed by atoms with Gasteiger partial charge in [0.05, 0.1) is 48.8 Å². The van der Waals surface area contributed by atoms with Crippen molar-refractivity contribution in [3.05, 3.63) is 192 Å². The quantitative estimate of drug-likeness (QED) is 0.0356. The summed E-state index contributed by atoms with van der Waals surface area (Å²) in [6.07, 6.45) is 19.0. The van der Waals surface area contributed by atoms with Gasteiger partial charge in [0.15, 0.2) is 11.5 Å². The van der Waals surface area contributed by atoms with Crippen LogP contribution in [-0.4, -0.2) is 102 Å². The highest BCUT2D eigenvalue weighted by atomic mass is 32.2. The molecular weight excluding hydrogens is 1130 g/mol. The fraction of sp³-hybridized carbons (Fsp3) is 0.333. The van der Waals surface area contributed by atoms with E-state index in [0.717, 1.165) is 90.1 Å². The first-order valence-corrected chi connectivity index (χ1v) is 31.7. The molecule has 0 spiro atoms. The first kappa shape index (κ1) is 63.2. The van der Waals surface area contributed by atoms with Crippen LogP contribution in [0.1, 0.15) is 114 Å². The van der Waals surface area contributed by atoms with Crippen LogP contribution in [0.4, 0.5) is 11.4 Å². The summed E-state index contributed by atoms with van der Waals surface area (Å²) in [4.78, 5) is 75.3. The molecule has 4 N–H and O–H groups in total. The van der Waals surface area contributed by atoms with Crippen molar-refractivity contribution >= 4 is 64.6 Å². The van der Waals surface area contributed by atoms with E-state index in [4.69, 9.17) is 14.1 Å². The summed E-state index contributed by atoms with van der Waals surface area (Å²) in [5.41, 5.74) is 8.32. The van der Waals surface area contributed by atoms with E-state index in [-0.39, 0.29) is 23.3 Å². The van der Waals surface area contributed by atoms with Crippen molar-refractivity contribution in [2.75, 3.05) is 40.4 Å². The predicted molar refractivity (Wildman–Crippen MR) is 336 cm³/mol. The van der Waals surface area contributed by atoms with Crippen molar-refractivity contribution in [2.45, 2.75) is 103 Å². The van der Waals surface area contributed by atoms with Gasteiger partial charge in [-0.1, -0.05) is 75.1 Å². The Kier molecular flexibility index (Phi) is 23.5. The van der Waals surface area contributed by atoms with E-state index in [9.17, 15) is 34.2 Å². The minimum absolute atomic E-state index is 0.00869. The molecule has 0 saturated heterocycles. The van der Waals surface area contributed by atoms with Crippen molar-refractivity contribution in [1.82, 2.24) is 29.7 Å². The number of benzene rings is 4. The number of unbranched alkanes of at least 4 members (excludes halogenated alkanes) is 1. The normalized spacial score (nSPS) is 12.9. The van der Waals surface area contributed by atoms with Crippen LogP contribution in [-0.2, 0) is 40.6 Å². The maximum atomic E-state index is 13.9. The van der Waals surface area contributed by atoms with Gasteiger partial charge in [-0.05, 0) is 152 Å². The highest BCUT2D eigenvalue weighted by Gasteiger charge is 2.29. The van der Waals surface area contributed by atoms with Gasteiger partial charge in [0.25, 0.3) is 11.8 Å². The summed E-state index contributed by atoms with van der Waals surface area (Å²) in [6.45, 7) is 5.46. The van der Waals surface area contributed by atoms with Crippen LogP contribution in [0.2, 0.25) is 0 Å². The van der Waals surface area contributed by atoms with Crippen LogP contribution in [0, 0.1) is 17.2 Å². The van der Waals surface area contributed by atoms with Crippen molar-refractivity contribution < 1.29 is 43.0 Å². The zero-order valence-electron chi connectivity index (χ0n) is 48.7. The molecule has 9 rings (SSSR count). The maximum Gasteiger partial charge on any atom is 0.326 e. The van der Waals surface area contributed by atoms with E-state index in [2.05, 4.69) is 59.8 Å². The fourth-order valence-corrected chi connectivity index (χ4v) is 11.0. The lowest BCUT2D eigenvalue weighted by atomic mass is 9.88. The molecule has 4 aromatic carbocycles. The number of carbonyl (C=O) groups is 5. The number of carboxylic acid groups (broad SMARTS) is 2. The lowest BCUT2D eigenvalue weighted by molar-refractivity contribution is -0.140. The third kappa shape index (κ3) is 17.6. The molecule has 18 nitrogen and oxygen atoms in total. The van der Waals surface area contributed by atoms with Gasteiger partial charge in [-0.2, -0.15) is 28.8 Å². The maximum absolute atomic E-state index is 13.9. The number of carboxylic acids is 2. The number of hydrogen-bond acceptors (Lipinski definition) is 13. The molecule has 3 amide bonds. The van der Waals surface area contributed by atoms with Gasteiger partial charge >= 0.3 is 11.9 Å². The van der Waals surface area contributed by atoms with Crippen LogP contribution in [0.15, 0.2) is 161 Å². The number of hydrogen-bond donors (Lipinski definition) is 4. The monoisotopic (exact) mass is 1200 g/mol. The van der Waals surface area contributed by atoms with Gasteiger partial charge in [-0.3, -0.25) is 14.4 Å². The van der Waals surface area contributed by atoms with E-state index in [0.29, 0.717) is 67.6 Å². The molecule has 0 radical (unpaired) electrons. The molecule has 8 aromatic rings. The summed E-state index contributed by atoms with van der Waals surface area (Å²) >= 11 is 3.05. The first-order valence-electron chi connectivity index (χ1n) is 28.9. The number of thioether (sulfide) groups is 2. The molecule has 4 heterocycles. The number of nitriles is 1. The molecule has 0 bridgehead atoms. The van der Waals surface area contributed by atoms with Crippen molar-refractivity contribution in [3.63, 3.8) is 0 Å². The van der Waals surface area contributed by atoms with Crippen LogP contribution in [0.25, 0.3) is 22.6 Å². The molecule has 2 atom stereocenters. The number of amides is 3. The number of carbonyl (C=O) groups excluding carboxylic acids is 3. The SMILES string of the molecule is CCCCN(Cc1cncn1Cc1ccc(C#N)cc1)c1ccc(-c2ccc(C(=O)NC(CCSC)C(=O)O)o2)cc1.CSCCC(NC(=O)c1ccc(-c2ccc(N(Cc3cncn3Cc3ccccc3)C(=O)C3CCCCC3)cc2)o1)C(=O)O. The first-order chi connectivity index (χ1) is 41.8. The highest BCUT2D eigenvalue weighted by molar-refractivity contribution is 7.98. The van der Waals surface area contributed by atoms with Gasteiger partial charge < -0.3 is 48.6 Å². The third-order valence-electron chi connectivity index (χ3n) is 15.0. The Labute approximate surface area is 510 Å². The molecule has 1 aliphatic rings. The van der Waals surface area contributed by atoms with Gasteiger partial charge in [0.1, 0.15) is 23.6 Å². The Hall–Kier alpha value is -8.80. The molecule has 4 aromatic heterocycles. The van der Waals surface area contributed by atoms with Gasteiger partial charge in [0.2, 0.25) is 5.91 Å². The standard InChI is InChI=1S/C34H38N4O5S.C32H35N5O4S/c1-44-19-18-29(34(41)42)36-32(39)31-17-16-30(43-31)25-12-14-27(15-13-25)38(33(40)26-10-6-3-7-11-26)22-28-20-35-23-37(28)21-24-8-4-2-5-9-24;1-3-4-16-36(21-27-19-34-22-37(27)20-24-7-5-23(18-33)6-8-24)26-11-9-25(10-12-26)29-13-14-30(41-29)31(38)35-28(32(39)40)15-17-42-2/h2,4-5,8-9,12-17,20,23,26,29H,3,6-7,10-11,18-19,21-22H2,1H3,(H,36,39)(H,41,42);5-14,19,22,28H,3-4,15-17,20-21H2,1-2H3,(H,35,38)(H,39,40). The Morgan fingerprint density at radius 2 is 1.15 bits per heavy atom. The lowest BCUT2D eigenvalue weighted by Crippen LogP contribution is -2.41. The Bertz CT molecular complexity index is 3510. The van der Waals surface area contributed by atoms with Gasteiger partial charge in [0, 0.05) is 60.4 Å². The fourth-order valence-electron chi connectivity index (χ4n) is 10.1. The number of aliphatic carboxylic acids is 2. The Balaban J connectivity index is 0.000000224. The van der Waals surface area contributed by atoms with E-state index in [1.165, 1.54) is 29.9 Å². The molecule has 1 aliphatic carbocycles. The second-order valence-corrected chi connectivity index (χ2v) is 23.0. The number of rotatable bonds is 28. The van der Waals surface area contributed by atoms with Crippen LogP contribution in [0.3, 0.4) is 0 Å². The minimum atomic E-state index is -1.08. The molecular formula is C66H73N9O9S2. The number of aromatic nitrogens is 4. The van der Waals surface area contributed by atoms with Crippen LogP contribution >= 0.6 is 23.5 Å². The average molecular weight is 1200 g/mol. The van der Waals surface area contributed by atoms with Crippen molar-refractivity contribution in [2.24, 2.45) is 5.92 Å². The van der Waals surface area contributed by atoms with Gasteiger partial charge in [-0.15, -0.1) is 0 Å². The topological polar surface area (TPSA) is 242 Å². The third-order valence-corrected chi connectivity index (χ3v) is 16.3. The summed E-state index contributed by atoms with van der Waals surface area (Å²) < 4.78 is 15.8. The molecule has 2 unspecified atom stereocenters. The lowest BCUT2D eigenvalue weighted by Gasteiger charge is -2.30. The van der Waals surface area contributed by atoms with Crippen molar-refractivity contribution in [1.29, 1.82) is 5.26 Å². The summed E-state index contributed by atoms with van der Waals surface area (Å²) in [7, 11) is 0. The number of nitrogens with one attached hydrogen (secondary N) is 2. The molecule has 20 heteroatoms. The summed E-state index contributed by atoms with van der Waals surface area (Å²) in [5.74, 6) is -0.786. The van der Waals surface area contributed by atoms with E-state index < -0.39 is 35.8 Å².